The van der Waals surface area contributed by atoms with Crippen LogP contribution in [0.3, 0.4) is 0 Å². The van der Waals surface area contributed by atoms with Gasteiger partial charge in [-0.2, -0.15) is 0 Å². The number of primary amides is 1. The van der Waals surface area contributed by atoms with Gasteiger partial charge in [0.1, 0.15) is 6.04 Å². The number of piperidine rings is 1. The first-order valence-corrected chi connectivity index (χ1v) is 10.7. The molecule has 2 aromatic rings. The van der Waals surface area contributed by atoms with Crippen LogP contribution in [0.15, 0.2) is 34.2 Å². The summed E-state index contributed by atoms with van der Waals surface area (Å²) < 4.78 is 1.67. The number of carbonyl (C=O) groups is 2. The second-order valence-corrected chi connectivity index (χ2v) is 8.08. The molecular formula is C20H26N4O3S. The number of thioether (sulfide) groups is 1. The predicted octanol–water partition coefficient (Wildman–Crippen LogP) is 2.33. The quantitative estimate of drug-likeness (QED) is 0.591. The Morgan fingerprint density at radius 1 is 1.32 bits per heavy atom. The van der Waals surface area contributed by atoms with Gasteiger partial charge in [0.15, 0.2) is 5.16 Å². The smallest absolute Gasteiger partial charge is 0.262 e. The molecule has 2 atom stereocenters. The van der Waals surface area contributed by atoms with Crippen molar-refractivity contribution in [3.8, 4) is 0 Å². The molecule has 0 bridgehead atoms. The van der Waals surface area contributed by atoms with Gasteiger partial charge in [0.05, 0.1) is 16.7 Å². The van der Waals surface area contributed by atoms with Crippen LogP contribution in [0.1, 0.15) is 45.6 Å². The molecule has 150 valence electrons. The molecule has 1 aliphatic heterocycles. The molecule has 2 heterocycles. The third kappa shape index (κ3) is 4.06. The molecule has 0 aliphatic carbocycles. The molecule has 7 nitrogen and oxygen atoms in total. The number of fused-ring (bicyclic) bond motifs is 1. The van der Waals surface area contributed by atoms with Gasteiger partial charge in [-0.1, -0.05) is 30.8 Å². The Balaban J connectivity index is 1.88. The van der Waals surface area contributed by atoms with Crippen LogP contribution in [0.25, 0.3) is 10.9 Å². The van der Waals surface area contributed by atoms with Crippen LogP contribution in [-0.2, 0) is 9.59 Å². The lowest BCUT2D eigenvalue weighted by atomic mass is 10.0. The van der Waals surface area contributed by atoms with Crippen LogP contribution < -0.4 is 11.3 Å². The van der Waals surface area contributed by atoms with E-state index in [-0.39, 0.29) is 23.3 Å². The number of carbonyl (C=O) groups excluding carboxylic acids is 2. The Morgan fingerprint density at radius 2 is 2.07 bits per heavy atom. The molecule has 2 amide bonds. The molecule has 1 aromatic carbocycles. The lowest BCUT2D eigenvalue weighted by molar-refractivity contribution is -0.138. The van der Waals surface area contributed by atoms with Crippen molar-refractivity contribution in [1.82, 2.24) is 14.5 Å². The van der Waals surface area contributed by atoms with Gasteiger partial charge in [-0.25, -0.2) is 4.98 Å². The summed E-state index contributed by atoms with van der Waals surface area (Å²) in [6.45, 7) is 4.52. The number of amides is 2. The molecule has 28 heavy (non-hydrogen) atoms. The van der Waals surface area contributed by atoms with Gasteiger partial charge in [-0.3, -0.25) is 19.0 Å². The van der Waals surface area contributed by atoms with E-state index in [9.17, 15) is 14.4 Å². The molecule has 0 spiro atoms. The number of likely N-dealkylation sites (tertiary alicyclic amines) is 1. The van der Waals surface area contributed by atoms with Crippen LogP contribution in [0.4, 0.5) is 0 Å². The Hall–Kier alpha value is -2.35. The summed E-state index contributed by atoms with van der Waals surface area (Å²) in [7, 11) is 0. The summed E-state index contributed by atoms with van der Waals surface area (Å²) in [5.41, 5.74) is 5.99. The van der Waals surface area contributed by atoms with Crippen LogP contribution in [0.5, 0.6) is 0 Å². The topological polar surface area (TPSA) is 98.3 Å². The highest BCUT2D eigenvalue weighted by Gasteiger charge is 2.30. The SMILES string of the molecule is CC[C@@H](C)n1c(SCC(=O)N2CCCC[C@@H]2C(N)=O)nc2ccccc2c1=O. The van der Waals surface area contributed by atoms with Crippen molar-refractivity contribution >= 4 is 34.5 Å². The fourth-order valence-corrected chi connectivity index (χ4v) is 4.52. The summed E-state index contributed by atoms with van der Waals surface area (Å²) in [5, 5.41) is 1.10. The Bertz CT molecular complexity index is 943. The zero-order valence-corrected chi connectivity index (χ0v) is 17.1. The molecule has 2 N–H and O–H groups in total. The average Bonchev–Trinajstić information content (AvgIpc) is 2.71. The van der Waals surface area contributed by atoms with Crippen LogP contribution in [0.2, 0.25) is 0 Å². The minimum absolute atomic E-state index is 0.0319. The first-order chi connectivity index (χ1) is 13.4. The molecule has 3 rings (SSSR count). The van der Waals surface area contributed by atoms with Gasteiger partial charge in [-0.05, 0) is 44.7 Å². The van der Waals surface area contributed by atoms with Gasteiger partial charge < -0.3 is 10.6 Å². The molecule has 8 heteroatoms. The lowest BCUT2D eigenvalue weighted by Crippen LogP contribution is -2.51. The number of aromatic nitrogens is 2. The highest BCUT2D eigenvalue weighted by Crippen LogP contribution is 2.24. The third-order valence-corrected chi connectivity index (χ3v) is 6.22. The highest BCUT2D eigenvalue weighted by molar-refractivity contribution is 7.99. The molecule has 1 aromatic heterocycles. The van der Waals surface area contributed by atoms with Crippen LogP contribution in [0, 0.1) is 0 Å². The normalized spacial score (nSPS) is 18.2. The van der Waals surface area contributed by atoms with E-state index in [4.69, 9.17) is 5.73 Å². The number of nitrogens with two attached hydrogens (primary N) is 1. The van der Waals surface area contributed by atoms with Crippen molar-refractivity contribution in [3.05, 3.63) is 34.6 Å². The predicted molar refractivity (Wildman–Crippen MR) is 110 cm³/mol. The summed E-state index contributed by atoms with van der Waals surface area (Å²) in [6.07, 6.45) is 3.14. The Morgan fingerprint density at radius 3 is 2.79 bits per heavy atom. The maximum atomic E-state index is 13.0. The lowest BCUT2D eigenvalue weighted by Gasteiger charge is -2.33. The maximum Gasteiger partial charge on any atom is 0.262 e. The number of para-hydroxylation sites is 1. The van der Waals surface area contributed by atoms with E-state index in [1.54, 1.807) is 21.6 Å². The van der Waals surface area contributed by atoms with Crippen molar-refractivity contribution in [2.75, 3.05) is 12.3 Å². The molecular weight excluding hydrogens is 376 g/mol. The third-order valence-electron chi connectivity index (χ3n) is 5.28. The van der Waals surface area contributed by atoms with Crippen molar-refractivity contribution in [2.45, 2.75) is 56.8 Å². The van der Waals surface area contributed by atoms with E-state index in [0.717, 1.165) is 19.3 Å². The number of benzene rings is 1. The first kappa shape index (κ1) is 20.4. The highest BCUT2D eigenvalue weighted by atomic mass is 32.2. The summed E-state index contributed by atoms with van der Waals surface area (Å²) in [5.74, 6) is -0.490. The van der Waals surface area contributed by atoms with Crippen molar-refractivity contribution in [1.29, 1.82) is 0 Å². The first-order valence-electron chi connectivity index (χ1n) is 9.67. The van der Waals surface area contributed by atoms with E-state index in [2.05, 4.69) is 4.98 Å². The summed E-state index contributed by atoms with van der Waals surface area (Å²) >= 11 is 1.24. The standard InChI is InChI=1S/C20H26N4O3S/c1-3-13(2)24-19(27)14-8-4-5-9-15(14)22-20(24)28-12-17(25)23-11-7-6-10-16(23)18(21)26/h4-5,8-9,13,16H,3,6-7,10-12H2,1-2H3,(H2,21,26)/t13-,16-/m1/s1. The van der Waals surface area contributed by atoms with Gasteiger partial charge >= 0.3 is 0 Å². The van der Waals surface area contributed by atoms with Crippen molar-refractivity contribution in [2.24, 2.45) is 5.73 Å². The Kier molecular flexibility index (Phi) is 6.39. The minimum Gasteiger partial charge on any atom is -0.368 e. The Labute approximate surface area is 168 Å². The van der Waals surface area contributed by atoms with Crippen molar-refractivity contribution < 1.29 is 9.59 Å². The van der Waals surface area contributed by atoms with E-state index in [1.807, 2.05) is 26.0 Å². The number of hydrogen-bond donors (Lipinski definition) is 1. The molecule has 1 saturated heterocycles. The van der Waals surface area contributed by atoms with E-state index < -0.39 is 11.9 Å². The molecule has 1 fully saturated rings. The molecule has 0 unspecified atom stereocenters. The summed E-state index contributed by atoms with van der Waals surface area (Å²) in [6, 6.07) is 6.67. The van der Waals surface area contributed by atoms with Gasteiger partial charge in [0.2, 0.25) is 11.8 Å². The van der Waals surface area contributed by atoms with E-state index >= 15 is 0 Å². The zero-order chi connectivity index (χ0) is 20.3. The molecule has 1 aliphatic rings. The second-order valence-electron chi connectivity index (χ2n) is 7.13. The van der Waals surface area contributed by atoms with Crippen molar-refractivity contribution in [3.63, 3.8) is 0 Å². The van der Waals surface area contributed by atoms with E-state index in [0.29, 0.717) is 29.0 Å². The van der Waals surface area contributed by atoms with Gasteiger partial charge in [0.25, 0.3) is 5.56 Å². The summed E-state index contributed by atoms with van der Waals surface area (Å²) in [4.78, 5) is 43.7. The largest absolute Gasteiger partial charge is 0.368 e. The maximum absolute atomic E-state index is 13.0. The van der Waals surface area contributed by atoms with Gasteiger partial charge in [0, 0.05) is 12.6 Å². The monoisotopic (exact) mass is 402 g/mol. The second kappa shape index (κ2) is 8.77. The van der Waals surface area contributed by atoms with Crippen LogP contribution in [-0.4, -0.2) is 44.6 Å². The van der Waals surface area contributed by atoms with Gasteiger partial charge in [-0.15, -0.1) is 0 Å². The minimum atomic E-state index is -0.539. The number of hydrogen-bond acceptors (Lipinski definition) is 5. The zero-order valence-electron chi connectivity index (χ0n) is 16.3. The molecule has 0 saturated carbocycles. The molecule has 0 radical (unpaired) electrons. The van der Waals surface area contributed by atoms with Crippen LogP contribution >= 0.6 is 11.8 Å². The fourth-order valence-electron chi connectivity index (χ4n) is 3.53. The number of nitrogens with zero attached hydrogens (tertiary/aromatic N) is 3. The number of rotatable bonds is 6. The fraction of sp³-hybridized carbons (Fsp3) is 0.500. The van der Waals surface area contributed by atoms with E-state index in [1.165, 1.54) is 11.8 Å². The average molecular weight is 403 g/mol.